The third kappa shape index (κ3) is 2.80. The van der Waals surface area contributed by atoms with Crippen LogP contribution in [0.25, 0.3) is 0 Å². The smallest absolute Gasteiger partial charge is 0.328 e. The van der Waals surface area contributed by atoms with Gasteiger partial charge in [-0.3, -0.25) is 5.32 Å². The second-order valence-electron chi connectivity index (χ2n) is 4.99. The maximum absolute atomic E-state index is 11.9. The molecule has 1 atom stereocenters. The van der Waals surface area contributed by atoms with Crippen molar-refractivity contribution in [1.82, 2.24) is 5.32 Å². The molecule has 0 spiro atoms. The predicted octanol–water partition coefficient (Wildman–Crippen LogP) is 1.93. The Kier molecular flexibility index (Phi) is 4.56. The van der Waals surface area contributed by atoms with Gasteiger partial charge in [-0.15, -0.1) is 0 Å². The number of methoxy groups -OCH3 is 1. The molecule has 104 valence electrons. The van der Waals surface area contributed by atoms with Crippen molar-refractivity contribution in [2.45, 2.75) is 31.2 Å². The molecule has 1 unspecified atom stereocenters. The molecule has 0 saturated heterocycles. The van der Waals surface area contributed by atoms with E-state index in [1.807, 2.05) is 24.3 Å². The van der Waals surface area contributed by atoms with E-state index < -0.39 is 11.5 Å². The molecule has 0 heterocycles. The van der Waals surface area contributed by atoms with E-state index in [4.69, 9.17) is 4.74 Å². The number of benzene rings is 1. The molecule has 1 aromatic carbocycles. The molecule has 0 bridgehead atoms. The fraction of sp³-hybridized carbons (Fsp3) is 0.533. The highest BCUT2D eigenvalue weighted by atomic mass is 16.5. The topological polar surface area (TPSA) is 58.6 Å². The molecule has 0 amide bonds. The second kappa shape index (κ2) is 6.17. The lowest BCUT2D eigenvalue weighted by atomic mass is 9.84. The standard InChI is InChI=1S/C15H21NO3/c1-19-11-10-16-15(14(17)18)9-5-4-7-12-6-2-3-8-13(12)15/h2-3,6,8,16H,4-5,7,9-11H2,1H3,(H,17,18). The zero-order valence-corrected chi connectivity index (χ0v) is 11.3. The summed E-state index contributed by atoms with van der Waals surface area (Å²) in [5.41, 5.74) is 1.09. The predicted molar refractivity (Wildman–Crippen MR) is 73.2 cm³/mol. The Bertz CT molecular complexity index is 447. The molecule has 1 aromatic rings. The summed E-state index contributed by atoms with van der Waals surface area (Å²) in [6, 6.07) is 7.87. The first-order valence-corrected chi connectivity index (χ1v) is 6.76. The Labute approximate surface area is 113 Å². The summed E-state index contributed by atoms with van der Waals surface area (Å²) in [6.07, 6.45) is 3.54. The highest BCUT2D eigenvalue weighted by Crippen LogP contribution is 2.34. The molecule has 0 aliphatic heterocycles. The van der Waals surface area contributed by atoms with Crippen LogP contribution in [0.1, 0.15) is 30.4 Å². The lowest BCUT2D eigenvalue weighted by Gasteiger charge is -2.31. The van der Waals surface area contributed by atoms with Crippen molar-refractivity contribution in [1.29, 1.82) is 0 Å². The lowest BCUT2D eigenvalue weighted by Crippen LogP contribution is -2.50. The minimum absolute atomic E-state index is 0.511. The number of aliphatic carboxylic acids is 1. The zero-order valence-electron chi connectivity index (χ0n) is 11.3. The Morgan fingerprint density at radius 1 is 1.42 bits per heavy atom. The third-order valence-electron chi connectivity index (χ3n) is 3.82. The summed E-state index contributed by atoms with van der Waals surface area (Å²) < 4.78 is 5.02. The van der Waals surface area contributed by atoms with Crippen LogP contribution in [0, 0.1) is 0 Å². The van der Waals surface area contributed by atoms with Crippen molar-refractivity contribution in [2.75, 3.05) is 20.3 Å². The fourth-order valence-corrected chi connectivity index (χ4v) is 2.84. The maximum atomic E-state index is 11.9. The van der Waals surface area contributed by atoms with Crippen molar-refractivity contribution < 1.29 is 14.6 Å². The van der Waals surface area contributed by atoms with Crippen LogP contribution in [-0.2, 0) is 21.5 Å². The van der Waals surface area contributed by atoms with Gasteiger partial charge in [0, 0.05) is 13.7 Å². The molecule has 0 saturated carbocycles. The minimum atomic E-state index is -0.967. The molecule has 4 nitrogen and oxygen atoms in total. The van der Waals surface area contributed by atoms with Gasteiger partial charge in [0.05, 0.1) is 6.61 Å². The number of fused-ring (bicyclic) bond motifs is 1. The number of carboxylic acids is 1. The molecular weight excluding hydrogens is 242 g/mol. The van der Waals surface area contributed by atoms with Crippen LogP contribution in [0.4, 0.5) is 0 Å². The average molecular weight is 263 g/mol. The highest BCUT2D eigenvalue weighted by Gasteiger charge is 2.41. The number of rotatable bonds is 5. The van der Waals surface area contributed by atoms with E-state index in [1.165, 1.54) is 0 Å². The normalized spacial score (nSPS) is 22.6. The number of ether oxygens (including phenoxy) is 1. The Morgan fingerprint density at radius 3 is 2.95 bits per heavy atom. The van der Waals surface area contributed by atoms with Gasteiger partial charge in [-0.25, -0.2) is 4.79 Å². The third-order valence-corrected chi connectivity index (χ3v) is 3.82. The van der Waals surface area contributed by atoms with Gasteiger partial charge < -0.3 is 9.84 Å². The number of carbonyl (C=O) groups is 1. The van der Waals surface area contributed by atoms with Crippen LogP contribution in [0.5, 0.6) is 0 Å². The summed E-state index contributed by atoms with van der Waals surface area (Å²) >= 11 is 0. The number of carboxylic acid groups (broad SMARTS) is 1. The van der Waals surface area contributed by atoms with Crippen molar-refractivity contribution >= 4 is 5.97 Å². The largest absolute Gasteiger partial charge is 0.480 e. The maximum Gasteiger partial charge on any atom is 0.328 e. The Hall–Kier alpha value is -1.39. The van der Waals surface area contributed by atoms with Gasteiger partial charge in [-0.05, 0) is 30.4 Å². The van der Waals surface area contributed by atoms with Crippen LogP contribution in [-0.4, -0.2) is 31.3 Å². The van der Waals surface area contributed by atoms with Gasteiger partial charge in [-0.2, -0.15) is 0 Å². The Morgan fingerprint density at radius 2 is 2.21 bits per heavy atom. The van der Waals surface area contributed by atoms with E-state index in [-0.39, 0.29) is 0 Å². The molecule has 1 aliphatic rings. The van der Waals surface area contributed by atoms with E-state index in [9.17, 15) is 9.90 Å². The molecule has 0 aromatic heterocycles. The highest BCUT2D eigenvalue weighted by molar-refractivity contribution is 5.81. The first-order valence-electron chi connectivity index (χ1n) is 6.76. The van der Waals surface area contributed by atoms with Crippen LogP contribution in [0.3, 0.4) is 0 Å². The molecule has 2 rings (SSSR count). The van der Waals surface area contributed by atoms with E-state index in [0.29, 0.717) is 19.6 Å². The second-order valence-corrected chi connectivity index (χ2v) is 4.99. The molecular formula is C15H21NO3. The number of hydrogen-bond acceptors (Lipinski definition) is 3. The van der Waals surface area contributed by atoms with Gasteiger partial charge in [0.15, 0.2) is 0 Å². The molecule has 2 N–H and O–H groups in total. The van der Waals surface area contributed by atoms with E-state index in [0.717, 1.165) is 30.4 Å². The van der Waals surface area contributed by atoms with Crippen LogP contribution >= 0.6 is 0 Å². The number of hydrogen-bond donors (Lipinski definition) is 2. The number of nitrogens with one attached hydrogen (secondary N) is 1. The summed E-state index contributed by atoms with van der Waals surface area (Å²) in [6.45, 7) is 1.05. The quantitative estimate of drug-likeness (QED) is 0.629. The van der Waals surface area contributed by atoms with Gasteiger partial charge in [0.1, 0.15) is 5.54 Å². The van der Waals surface area contributed by atoms with Gasteiger partial charge >= 0.3 is 5.97 Å². The average Bonchev–Trinajstić information content (AvgIpc) is 2.60. The first-order chi connectivity index (χ1) is 9.20. The van der Waals surface area contributed by atoms with Crippen molar-refractivity contribution in [3.8, 4) is 0 Å². The lowest BCUT2D eigenvalue weighted by molar-refractivity contribution is -0.146. The SMILES string of the molecule is COCCNC1(C(=O)O)CCCCc2ccccc21. The molecule has 0 radical (unpaired) electrons. The van der Waals surface area contributed by atoms with Crippen LogP contribution in [0.15, 0.2) is 24.3 Å². The van der Waals surface area contributed by atoms with Gasteiger partial charge in [0.2, 0.25) is 0 Å². The molecule has 0 fully saturated rings. The van der Waals surface area contributed by atoms with E-state index in [1.54, 1.807) is 7.11 Å². The molecule has 4 heteroatoms. The first kappa shape index (κ1) is 14.0. The van der Waals surface area contributed by atoms with E-state index in [2.05, 4.69) is 5.32 Å². The van der Waals surface area contributed by atoms with Gasteiger partial charge in [-0.1, -0.05) is 30.7 Å². The van der Waals surface area contributed by atoms with Crippen LogP contribution in [0.2, 0.25) is 0 Å². The monoisotopic (exact) mass is 263 g/mol. The molecule has 19 heavy (non-hydrogen) atoms. The van der Waals surface area contributed by atoms with Crippen molar-refractivity contribution in [3.05, 3.63) is 35.4 Å². The summed E-state index contributed by atoms with van der Waals surface area (Å²) in [4.78, 5) is 11.9. The summed E-state index contributed by atoms with van der Waals surface area (Å²) in [7, 11) is 1.62. The Balaban J connectivity index is 2.38. The van der Waals surface area contributed by atoms with Crippen molar-refractivity contribution in [2.24, 2.45) is 0 Å². The fourth-order valence-electron chi connectivity index (χ4n) is 2.84. The van der Waals surface area contributed by atoms with Gasteiger partial charge in [0.25, 0.3) is 0 Å². The van der Waals surface area contributed by atoms with Crippen LogP contribution < -0.4 is 5.32 Å². The number of aryl methyl sites for hydroxylation is 1. The minimum Gasteiger partial charge on any atom is -0.480 e. The van der Waals surface area contributed by atoms with Crippen molar-refractivity contribution in [3.63, 3.8) is 0 Å². The zero-order chi connectivity index (χ0) is 13.7. The van der Waals surface area contributed by atoms with E-state index >= 15 is 0 Å². The molecule has 1 aliphatic carbocycles. The summed E-state index contributed by atoms with van der Waals surface area (Å²) in [5, 5.41) is 13.0. The summed E-state index contributed by atoms with van der Waals surface area (Å²) in [5.74, 6) is -0.794.